The van der Waals surface area contributed by atoms with Crippen LogP contribution in [0.25, 0.3) is 0 Å². The highest BCUT2D eigenvalue weighted by atomic mass is 19.2. The van der Waals surface area contributed by atoms with Crippen LogP contribution in [0.15, 0.2) is 59.9 Å². The first kappa shape index (κ1) is 24.4. The zero-order valence-corrected chi connectivity index (χ0v) is 19.6. The van der Waals surface area contributed by atoms with Gasteiger partial charge in [-0.3, -0.25) is 4.90 Å². The molecule has 188 valence electrons. The molecule has 0 atom stereocenters. The van der Waals surface area contributed by atoms with E-state index in [0.717, 1.165) is 61.3 Å². The summed E-state index contributed by atoms with van der Waals surface area (Å²) in [7, 11) is 0. The van der Waals surface area contributed by atoms with Gasteiger partial charge < -0.3 is 14.7 Å². The van der Waals surface area contributed by atoms with Crippen LogP contribution < -0.4 is 0 Å². The van der Waals surface area contributed by atoms with Crippen molar-refractivity contribution in [2.45, 2.75) is 31.6 Å². The van der Waals surface area contributed by atoms with Crippen LogP contribution in [0.2, 0.25) is 0 Å². The van der Waals surface area contributed by atoms with Gasteiger partial charge in [0.25, 0.3) is 0 Å². The number of hydrogen-bond acceptors (Lipinski definition) is 6. The van der Waals surface area contributed by atoms with Gasteiger partial charge in [0.2, 0.25) is 5.95 Å². The first-order chi connectivity index (χ1) is 17.5. The Kier molecular flexibility index (Phi) is 7.04. The molecule has 1 N–H and O–H groups in total. The van der Waals surface area contributed by atoms with Crippen molar-refractivity contribution in [1.82, 2.24) is 9.88 Å². The lowest BCUT2D eigenvalue weighted by atomic mass is 9.84. The number of aromatic nitrogens is 1. The summed E-state index contributed by atoms with van der Waals surface area (Å²) in [5, 5.41) is 13.0. The van der Waals surface area contributed by atoms with Crippen LogP contribution in [-0.2, 0) is 28.3 Å². The van der Waals surface area contributed by atoms with Crippen LogP contribution in [0.5, 0.6) is 0 Å². The summed E-state index contributed by atoms with van der Waals surface area (Å²) in [6.45, 7) is 2.59. The second-order valence-corrected chi connectivity index (χ2v) is 9.05. The highest BCUT2D eigenvalue weighted by molar-refractivity contribution is 6.12. The van der Waals surface area contributed by atoms with Gasteiger partial charge in [0.15, 0.2) is 11.6 Å². The van der Waals surface area contributed by atoms with Gasteiger partial charge in [0, 0.05) is 42.5 Å². The van der Waals surface area contributed by atoms with E-state index in [1.807, 2.05) is 24.3 Å². The van der Waals surface area contributed by atoms with Gasteiger partial charge in [0.05, 0.1) is 18.8 Å². The average Bonchev–Trinajstić information content (AvgIpc) is 3.23. The molecule has 3 aromatic rings. The van der Waals surface area contributed by atoms with Gasteiger partial charge >= 0.3 is 0 Å². The minimum atomic E-state index is -0.975. The highest BCUT2D eigenvalue weighted by Crippen LogP contribution is 2.44. The number of halogens is 3. The second kappa shape index (κ2) is 10.4. The number of fused-ring (bicyclic) bond motifs is 2. The number of pyridine rings is 1. The monoisotopic (exact) mass is 497 g/mol. The van der Waals surface area contributed by atoms with E-state index in [4.69, 9.17) is 14.7 Å². The van der Waals surface area contributed by atoms with Crippen molar-refractivity contribution >= 4 is 5.71 Å². The quantitative estimate of drug-likeness (QED) is 0.228. The van der Waals surface area contributed by atoms with Gasteiger partial charge in [-0.1, -0.05) is 29.4 Å². The third-order valence-corrected chi connectivity index (χ3v) is 6.78. The zero-order chi connectivity index (χ0) is 25.1. The summed E-state index contributed by atoms with van der Waals surface area (Å²) in [4.78, 5) is 11.3. The topological polar surface area (TPSA) is 67.2 Å². The number of rotatable bonds is 7. The first-order valence-electron chi connectivity index (χ1n) is 11.8. The molecular formula is C27H26F3N3O3. The Morgan fingerprint density at radius 2 is 1.78 bits per heavy atom. The van der Waals surface area contributed by atoms with Crippen molar-refractivity contribution in [1.29, 1.82) is 0 Å². The molecule has 0 saturated carbocycles. The van der Waals surface area contributed by atoms with E-state index in [9.17, 15) is 13.2 Å². The number of piperidine rings is 1. The van der Waals surface area contributed by atoms with Crippen molar-refractivity contribution in [3.05, 3.63) is 100 Å². The Morgan fingerprint density at radius 1 is 1.03 bits per heavy atom. The SMILES string of the molecule is OCCO/N=C(/c1ccc(CN2CCC3(CC2)OCc2cc(F)ncc23)cc1)c1ccc(F)c(F)c1. The average molecular weight is 498 g/mol. The van der Waals surface area contributed by atoms with Crippen LogP contribution in [-0.4, -0.2) is 47.0 Å². The molecule has 1 spiro atoms. The normalized spacial score (nSPS) is 17.4. The molecule has 2 aliphatic heterocycles. The minimum Gasteiger partial charge on any atom is -0.393 e. The van der Waals surface area contributed by atoms with Gasteiger partial charge in [-0.15, -0.1) is 0 Å². The standard InChI is InChI=1S/C27H26F3N3O3/c28-23-6-5-20(13-24(23)29)26(32-36-12-11-34)19-3-1-18(2-4-19)16-33-9-7-27(8-10-33)22-15-31-25(30)14-21(22)17-35-27/h1-6,13-15,34H,7-12,16-17H2/b32-26-. The van der Waals surface area contributed by atoms with Gasteiger partial charge in [0.1, 0.15) is 12.3 Å². The fourth-order valence-electron chi connectivity index (χ4n) is 4.87. The number of hydrogen-bond donors (Lipinski definition) is 1. The molecule has 9 heteroatoms. The maximum absolute atomic E-state index is 13.8. The number of oxime groups is 1. The molecule has 6 nitrogen and oxygen atoms in total. The minimum absolute atomic E-state index is 0.0130. The number of ether oxygens (including phenoxy) is 1. The first-order valence-corrected chi connectivity index (χ1v) is 11.8. The van der Waals surface area contributed by atoms with E-state index in [-0.39, 0.29) is 18.8 Å². The van der Waals surface area contributed by atoms with Gasteiger partial charge in [-0.2, -0.15) is 4.39 Å². The molecule has 5 rings (SSSR count). The summed E-state index contributed by atoms with van der Waals surface area (Å²) in [5.74, 6) is -2.40. The Morgan fingerprint density at radius 3 is 2.50 bits per heavy atom. The van der Waals surface area contributed by atoms with E-state index < -0.39 is 17.6 Å². The molecule has 0 aliphatic carbocycles. The lowest BCUT2D eigenvalue weighted by Crippen LogP contribution is -2.42. The second-order valence-electron chi connectivity index (χ2n) is 9.05. The lowest BCUT2D eigenvalue weighted by Gasteiger charge is -2.39. The molecule has 1 aromatic heterocycles. The Labute approximate surface area is 207 Å². The van der Waals surface area contributed by atoms with E-state index in [1.165, 1.54) is 12.1 Å². The molecule has 2 aromatic carbocycles. The number of likely N-dealkylation sites (tertiary alicyclic amines) is 1. The number of nitrogens with zero attached hydrogens (tertiary/aromatic N) is 3. The third kappa shape index (κ3) is 5.00. The molecule has 3 heterocycles. The van der Waals surface area contributed by atoms with Crippen molar-refractivity contribution in [2.75, 3.05) is 26.3 Å². The van der Waals surface area contributed by atoms with Crippen LogP contribution in [0.4, 0.5) is 13.2 Å². The van der Waals surface area contributed by atoms with E-state index in [0.29, 0.717) is 23.4 Å². The predicted molar refractivity (Wildman–Crippen MR) is 127 cm³/mol. The van der Waals surface area contributed by atoms with Crippen molar-refractivity contribution in [2.24, 2.45) is 5.16 Å². The summed E-state index contributed by atoms with van der Waals surface area (Å²) < 4.78 is 46.9. The van der Waals surface area contributed by atoms with E-state index >= 15 is 0 Å². The number of aliphatic hydroxyl groups excluding tert-OH is 1. The smallest absolute Gasteiger partial charge is 0.213 e. The summed E-state index contributed by atoms with van der Waals surface area (Å²) in [6.07, 6.45) is 3.23. The molecule has 1 saturated heterocycles. The van der Waals surface area contributed by atoms with E-state index in [1.54, 1.807) is 6.20 Å². The third-order valence-electron chi connectivity index (χ3n) is 6.78. The van der Waals surface area contributed by atoms with Crippen molar-refractivity contribution < 1.29 is 27.9 Å². The zero-order valence-electron chi connectivity index (χ0n) is 19.6. The molecule has 0 amide bonds. The Balaban J connectivity index is 1.26. The maximum Gasteiger partial charge on any atom is 0.213 e. The molecule has 36 heavy (non-hydrogen) atoms. The largest absolute Gasteiger partial charge is 0.393 e. The van der Waals surface area contributed by atoms with Crippen LogP contribution in [0.3, 0.4) is 0 Å². The van der Waals surface area contributed by atoms with Crippen LogP contribution >= 0.6 is 0 Å². The summed E-state index contributed by atoms with van der Waals surface area (Å²) >= 11 is 0. The molecule has 0 bridgehead atoms. The van der Waals surface area contributed by atoms with Crippen molar-refractivity contribution in [3.63, 3.8) is 0 Å². The predicted octanol–water partition coefficient (Wildman–Crippen LogP) is 4.28. The van der Waals surface area contributed by atoms with Crippen LogP contribution in [0, 0.1) is 17.6 Å². The van der Waals surface area contributed by atoms with Crippen molar-refractivity contribution in [3.8, 4) is 0 Å². The Hall–Kier alpha value is -3.27. The Bertz CT molecular complexity index is 1260. The molecular weight excluding hydrogens is 471 g/mol. The molecule has 2 aliphatic rings. The maximum atomic E-state index is 13.8. The highest BCUT2D eigenvalue weighted by Gasteiger charge is 2.43. The molecule has 0 unspecified atom stereocenters. The molecule has 1 fully saturated rings. The van der Waals surface area contributed by atoms with Crippen LogP contribution in [0.1, 0.15) is 40.7 Å². The summed E-state index contributed by atoms with van der Waals surface area (Å²) in [6, 6.07) is 12.7. The van der Waals surface area contributed by atoms with E-state index in [2.05, 4.69) is 15.0 Å². The summed E-state index contributed by atoms with van der Waals surface area (Å²) in [5.41, 5.74) is 3.97. The van der Waals surface area contributed by atoms with Gasteiger partial charge in [-0.05, 0) is 48.2 Å². The van der Waals surface area contributed by atoms with Gasteiger partial charge in [-0.25, -0.2) is 13.8 Å². The lowest BCUT2D eigenvalue weighted by molar-refractivity contribution is -0.0800. The fraction of sp³-hybridized carbons (Fsp3) is 0.333. The fourth-order valence-corrected chi connectivity index (χ4v) is 4.87. The number of aliphatic hydroxyl groups is 1. The molecule has 0 radical (unpaired) electrons. The number of benzene rings is 2.